The summed E-state index contributed by atoms with van der Waals surface area (Å²) in [5.41, 5.74) is 1.84. The average molecular weight is 222 g/mol. The topological polar surface area (TPSA) is 38.7 Å². The van der Waals surface area contributed by atoms with Crippen molar-refractivity contribution in [3.8, 4) is 11.5 Å². The van der Waals surface area contributed by atoms with Gasteiger partial charge in [-0.15, -0.1) is 0 Å². The summed E-state index contributed by atoms with van der Waals surface area (Å²) in [6.45, 7) is 6.40. The molecule has 0 amide bonds. The van der Waals surface area contributed by atoms with E-state index in [-0.39, 0.29) is 6.61 Å². The van der Waals surface area contributed by atoms with Crippen LogP contribution in [0.2, 0.25) is 0 Å². The molecule has 16 heavy (non-hydrogen) atoms. The number of methoxy groups -OCH3 is 1. The maximum atomic E-state index is 8.99. The van der Waals surface area contributed by atoms with E-state index in [1.165, 1.54) is 0 Å². The van der Waals surface area contributed by atoms with Crippen LogP contribution in [0.1, 0.15) is 18.9 Å². The molecule has 0 saturated carbocycles. The molecule has 1 N–H and O–H groups in total. The first-order chi connectivity index (χ1) is 7.71. The minimum absolute atomic E-state index is 0.00168. The van der Waals surface area contributed by atoms with E-state index in [1.807, 2.05) is 13.0 Å². The maximum Gasteiger partial charge on any atom is 0.161 e. The number of hydrogen-bond donors (Lipinski definition) is 1. The molecule has 0 aliphatic carbocycles. The molecule has 88 valence electrons. The highest BCUT2D eigenvalue weighted by atomic mass is 16.5. The van der Waals surface area contributed by atoms with Gasteiger partial charge in [0.2, 0.25) is 0 Å². The van der Waals surface area contributed by atoms with Gasteiger partial charge in [-0.25, -0.2) is 0 Å². The Balaban J connectivity index is 2.75. The van der Waals surface area contributed by atoms with Crippen molar-refractivity contribution in [1.29, 1.82) is 0 Å². The Morgan fingerprint density at radius 1 is 1.38 bits per heavy atom. The molecule has 0 radical (unpaired) electrons. The lowest BCUT2D eigenvalue weighted by Gasteiger charge is -2.12. The Kier molecular flexibility index (Phi) is 4.86. The molecule has 1 aromatic carbocycles. The minimum Gasteiger partial charge on any atom is -0.493 e. The first kappa shape index (κ1) is 12.6. The van der Waals surface area contributed by atoms with Crippen LogP contribution in [0.3, 0.4) is 0 Å². The van der Waals surface area contributed by atoms with Gasteiger partial charge < -0.3 is 14.6 Å². The first-order valence-corrected chi connectivity index (χ1v) is 5.28. The van der Waals surface area contributed by atoms with Crippen molar-refractivity contribution in [3.05, 3.63) is 35.9 Å². The summed E-state index contributed by atoms with van der Waals surface area (Å²) in [4.78, 5) is 0. The van der Waals surface area contributed by atoms with Gasteiger partial charge >= 0.3 is 0 Å². The Bertz CT molecular complexity index is 358. The number of aliphatic hydroxyl groups is 1. The van der Waals surface area contributed by atoms with Crippen LogP contribution >= 0.6 is 0 Å². The van der Waals surface area contributed by atoms with E-state index >= 15 is 0 Å². The molecule has 1 rings (SSSR count). The highest BCUT2D eigenvalue weighted by Crippen LogP contribution is 2.28. The van der Waals surface area contributed by atoms with E-state index in [2.05, 4.69) is 6.58 Å². The van der Waals surface area contributed by atoms with Crippen LogP contribution in [0.25, 0.3) is 0 Å². The molecule has 3 heteroatoms. The van der Waals surface area contributed by atoms with Crippen molar-refractivity contribution in [3.63, 3.8) is 0 Å². The van der Waals surface area contributed by atoms with Crippen LogP contribution in [0.5, 0.6) is 11.5 Å². The van der Waals surface area contributed by atoms with E-state index in [4.69, 9.17) is 14.6 Å². The van der Waals surface area contributed by atoms with E-state index in [1.54, 1.807) is 19.2 Å². The minimum atomic E-state index is -0.00168. The fourth-order valence-electron chi connectivity index (χ4n) is 1.21. The summed E-state index contributed by atoms with van der Waals surface area (Å²) in [5.74, 6) is 1.31. The molecular weight excluding hydrogens is 204 g/mol. The fourth-order valence-corrected chi connectivity index (χ4v) is 1.21. The zero-order valence-electron chi connectivity index (χ0n) is 9.82. The molecule has 0 saturated heterocycles. The molecule has 0 atom stereocenters. The highest BCUT2D eigenvalue weighted by Gasteiger charge is 2.05. The summed E-state index contributed by atoms with van der Waals surface area (Å²) < 4.78 is 10.8. The smallest absolute Gasteiger partial charge is 0.161 e. The number of aliphatic hydroxyl groups excluding tert-OH is 1. The average Bonchev–Trinajstić information content (AvgIpc) is 2.35. The molecule has 0 bridgehead atoms. The van der Waals surface area contributed by atoms with Crippen LogP contribution in [0, 0.1) is 0 Å². The van der Waals surface area contributed by atoms with Gasteiger partial charge in [-0.2, -0.15) is 0 Å². The maximum absolute atomic E-state index is 8.99. The van der Waals surface area contributed by atoms with Crippen molar-refractivity contribution in [2.45, 2.75) is 20.0 Å². The van der Waals surface area contributed by atoms with E-state index in [0.29, 0.717) is 18.1 Å². The molecule has 0 aliphatic heterocycles. The standard InChI is InChI=1S/C13H18O3/c1-4-10(2)9-16-12-6-5-11(8-14)7-13(12)15-3/h5-7,14H,2,4,8-9H2,1,3H3. The molecular formula is C13H18O3. The summed E-state index contributed by atoms with van der Waals surface area (Å²) in [5, 5.41) is 8.99. The molecule has 0 heterocycles. The third-order valence-corrected chi connectivity index (χ3v) is 2.34. The third kappa shape index (κ3) is 3.28. The Labute approximate surface area is 96.3 Å². The molecule has 0 unspecified atom stereocenters. The second kappa shape index (κ2) is 6.18. The SMILES string of the molecule is C=C(CC)COc1ccc(CO)cc1OC. The van der Waals surface area contributed by atoms with Crippen LogP contribution in [0.4, 0.5) is 0 Å². The Hall–Kier alpha value is -1.48. The predicted octanol–water partition coefficient (Wildman–Crippen LogP) is 2.53. The largest absolute Gasteiger partial charge is 0.493 e. The van der Waals surface area contributed by atoms with Gasteiger partial charge in [-0.1, -0.05) is 19.6 Å². The van der Waals surface area contributed by atoms with Crippen molar-refractivity contribution in [1.82, 2.24) is 0 Å². The highest BCUT2D eigenvalue weighted by molar-refractivity contribution is 5.42. The number of ether oxygens (including phenoxy) is 2. The molecule has 0 fully saturated rings. The quantitative estimate of drug-likeness (QED) is 0.752. The van der Waals surface area contributed by atoms with Crippen LogP contribution < -0.4 is 9.47 Å². The lowest BCUT2D eigenvalue weighted by molar-refractivity contribution is 0.279. The monoisotopic (exact) mass is 222 g/mol. The normalized spacial score (nSPS) is 9.94. The van der Waals surface area contributed by atoms with Gasteiger partial charge in [0, 0.05) is 0 Å². The van der Waals surface area contributed by atoms with E-state index in [0.717, 1.165) is 17.6 Å². The number of benzene rings is 1. The summed E-state index contributed by atoms with van der Waals surface area (Å²) in [7, 11) is 1.58. The van der Waals surface area contributed by atoms with E-state index in [9.17, 15) is 0 Å². The zero-order chi connectivity index (χ0) is 12.0. The predicted molar refractivity (Wildman–Crippen MR) is 63.8 cm³/mol. The van der Waals surface area contributed by atoms with Gasteiger partial charge in [0.05, 0.1) is 13.7 Å². The zero-order valence-corrected chi connectivity index (χ0v) is 9.82. The van der Waals surface area contributed by atoms with Crippen LogP contribution in [-0.2, 0) is 6.61 Å². The van der Waals surface area contributed by atoms with Gasteiger partial charge in [-0.05, 0) is 29.7 Å². The van der Waals surface area contributed by atoms with Crippen molar-refractivity contribution in [2.75, 3.05) is 13.7 Å². The second-order valence-electron chi connectivity index (χ2n) is 3.54. The molecule has 0 aliphatic rings. The fraction of sp³-hybridized carbons (Fsp3) is 0.385. The Morgan fingerprint density at radius 3 is 2.69 bits per heavy atom. The summed E-state index contributed by atoms with van der Waals surface area (Å²) in [6.07, 6.45) is 0.900. The number of rotatable bonds is 6. The first-order valence-electron chi connectivity index (χ1n) is 5.28. The van der Waals surface area contributed by atoms with Crippen LogP contribution in [0.15, 0.2) is 30.4 Å². The van der Waals surface area contributed by atoms with Crippen molar-refractivity contribution < 1.29 is 14.6 Å². The van der Waals surface area contributed by atoms with Gasteiger partial charge in [0.1, 0.15) is 6.61 Å². The van der Waals surface area contributed by atoms with Crippen LogP contribution in [-0.4, -0.2) is 18.8 Å². The van der Waals surface area contributed by atoms with Crippen molar-refractivity contribution >= 4 is 0 Å². The summed E-state index contributed by atoms with van der Waals surface area (Å²) in [6, 6.07) is 5.38. The third-order valence-electron chi connectivity index (χ3n) is 2.34. The number of hydrogen-bond acceptors (Lipinski definition) is 3. The second-order valence-corrected chi connectivity index (χ2v) is 3.54. The summed E-state index contributed by atoms with van der Waals surface area (Å²) >= 11 is 0. The van der Waals surface area contributed by atoms with Gasteiger partial charge in [0.15, 0.2) is 11.5 Å². The molecule has 3 nitrogen and oxygen atoms in total. The van der Waals surface area contributed by atoms with Crippen molar-refractivity contribution in [2.24, 2.45) is 0 Å². The Morgan fingerprint density at radius 2 is 2.12 bits per heavy atom. The lowest BCUT2D eigenvalue weighted by atomic mass is 10.2. The molecule has 0 spiro atoms. The molecule has 1 aromatic rings. The van der Waals surface area contributed by atoms with Gasteiger partial charge in [-0.3, -0.25) is 0 Å². The van der Waals surface area contributed by atoms with Gasteiger partial charge in [0.25, 0.3) is 0 Å². The van der Waals surface area contributed by atoms with E-state index < -0.39 is 0 Å². The molecule has 0 aromatic heterocycles. The lowest BCUT2D eigenvalue weighted by Crippen LogP contribution is -2.01.